The van der Waals surface area contributed by atoms with Crippen molar-refractivity contribution in [2.24, 2.45) is 5.92 Å². The van der Waals surface area contributed by atoms with Crippen molar-refractivity contribution in [1.82, 2.24) is 0 Å². The highest BCUT2D eigenvalue weighted by Crippen LogP contribution is 2.28. The number of carbonyl (C=O) groups excluding carboxylic acids is 4. The third kappa shape index (κ3) is 4.68. The Labute approximate surface area is 181 Å². The van der Waals surface area contributed by atoms with Gasteiger partial charge in [0.2, 0.25) is 11.8 Å². The summed E-state index contributed by atoms with van der Waals surface area (Å²) in [7, 11) is 2.43. The van der Waals surface area contributed by atoms with Crippen LogP contribution in [0.15, 0.2) is 46.9 Å². The van der Waals surface area contributed by atoms with Gasteiger partial charge in [0.1, 0.15) is 0 Å². The molecular weight excluding hydrogens is 456 g/mol. The highest BCUT2D eigenvalue weighted by Gasteiger charge is 2.35. The van der Waals surface area contributed by atoms with Crippen LogP contribution in [0, 0.1) is 5.92 Å². The van der Waals surface area contributed by atoms with Crippen molar-refractivity contribution in [3.8, 4) is 0 Å². The van der Waals surface area contributed by atoms with Crippen molar-refractivity contribution in [1.29, 1.82) is 0 Å². The minimum absolute atomic E-state index is 0.0545. The topological polar surface area (TPSA) is 102 Å². The number of hydrogen-bond donors (Lipinski definition) is 1. The quantitative estimate of drug-likeness (QED) is 0.668. The highest BCUT2D eigenvalue weighted by molar-refractivity contribution is 9.10. The number of nitrogens with zero attached hydrogens (tertiary/aromatic N) is 1. The first-order chi connectivity index (χ1) is 14.3. The predicted octanol–water partition coefficient (Wildman–Crippen LogP) is 3.01. The lowest BCUT2D eigenvalue weighted by atomic mass is 10.1. The van der Waals surface area contributed by atoms with E-state index in [-0.39, 0.29) is 35.7 Å². The van der Waals surface area contributed by atoms with Crippen molar-refractivity contribution in [2.45, 2.75) is 6.42 Å². The number of carbonyl (C=O) groups is 4. The molecule has 0 spiro atoms. The molecule has 1 unspecified atom stereocenters. The van der Waals surface area contributed by atoms with E-state index < -0.39 is 23.8 Å². The van der Waals surface area contributed by atoms with Gasteiger partial charge in [-0.2, -0.15) is 0 Å². The van der Waals surface area contributed by atoms with Gasteiger partial charge in [0.05, 0.1) is 31.3 Å². The number of rotatable bonds is 5. The van der Waals surface area contributed by atoms with Gasteiger partial charge in [-0.05, 0) is 36.4 Å². The average Bonchev–Trinajstić information content (AvgIpc) is 3.14. The second-order valence-corrected chi connectivity index (χ2v) is 7.57. The zero-order valence-electron chi connectivity index (χ0n) is 16.3. The number of anilines is 2. The number of methoxy groups -OCH3 is 2. The molecule has 2 aromatic rings. The van der Waals surface area contributed by atoms with Gasteiger partial charge in [-0.25, -0.2) is 9.59 Å². The first kappa shape index (κ1) is 21.5. The van der Waals surface area contributed by atoms with Crippen LogP contribution in [0.4, 0.5) is 11.4 Å². The molecule has 3 rings (SSSR count). The molecule has 2 aromatic carbocycles. The Morgan fingerprint density at radius 1 is 1.03 bits per heavy atom. The fourth-order valence-corrected chi connectivity index (χ4v) is 3.58. The number of ether oxygens (including phenoxy) is 2. The SMILES string of the molecule is COC(=O)c1cc(NC(=O)C2CC(=O)N(c3cccc(Br)c3)C2)cc(C(=O)OC)c1. The van der Waals surface area contributed by atoms with Crippen molar-refractivity contribution >= 4 is 51.1 Å². The van der Waals surface area contributed by atoms with Crippen LogP contribution in [-0.4, -0.2) is 44.5 Å². The Kier molecular flexibility index (Phi) is 6.51. The van der Waals surface area contributed by atoms with Gasteiger partial charge in [-0.1, -0.05) is 22.0 Å². The van der Waals surface area contributed by atoms with Crippen LogP contribution in [0.5, 0.6) is 0 Å². The van der Waals surface area contributed by atoms with Crippen LogP contribution in [-0.2, 0) is 19.1 Å². The van der Waals surface area contributed by atoms with Gasteiger partial charge in [-0.3, -0.25) is 9.59 Å². The Bertz CT molecular complexity index is 988. The molecular formula is C21H19BrN2O6. The van der Waals surface area contributed by atoms with Gasteiger partial charge in [0, 0.05) is 28.8 Å². The maximum atomic E-state index is 12.8. The Morgan fingerprint density at radius 2 is 1.67 bits per heavy atom. The molecule has 30 heavy (non-hydrogen) atoms. The van der Waals surface area contributed by atoms with E-state index in [0.29, 0.717) is 5.69 Å². The summed E-state index contributed by atoms with van der Waals surface area (Å²) in [5.41, 5.74) is 1.12. The fourth-order valence-electron chi connectivity index (χ4n) is 3.19. The molecule has 1 N–H and O–H groups in total. The third-order valence-corrected chi connectivity index (χ3v) is 5.15. The monoisotopic (exact) mass is 474 g/mol. The number of benzene rings is 2. The molecule has 8 nitrogen and oxygen atoms in total. The van der Waals surface area contributed by atoms with Crippen LogP contribution in [0.3, 0.4) is 0 Å². The molecule has 156 valence electrons. The van der Waals surface area contributed by atoms with Crippen molar-refractivity contribution in [3.05, 3.63) is 58.1 Å². The molecule has 1 heterocycles. The van der Waals surface area contributed by atoms with Crippen LogP contribution in [0.1, 0.15) is 27.1 Å². The molecule has 9 heteroatoms. The minimum atomic E-state index is -0.659. The van der Waals surface area contributed by atoms with E-state index in [0.717, 1.165) is 4.47 Å². The second-order valence-electron chi connectivity index (χ2n) is 6.66. The molecule has 1 fully saturated rings. The van der Waals surface area contributed by atoms with E-state index in [2.05, 4.69) is 21.2 Å². The molecule has 1 aliphatic rings. The van der Waals surface area contributed by atoms with Gasteiger partial charge in [-0.15, -0.1) is 0 Å². The molecule has 0 aliphatic carbocycles. The number of amides is 2. The summed E-state index contributed by atoms with van der Waals surface area (Å²) in [5.74, 6) is -2.45. The smallest absolute Gasteiger partial charge is 0.337 e. The maximum Gasteiger partial charge on any atom is 0.337 e. The normalized spacial score (nSPS) is 15.6. The van der Waals surface area contributed by atoms with E-state index in [1.807, 2.05) is 12.1 Å². The van der Waals surface area contributed by atoms with E-state index >= 15 is 0 Å². The number of halogens is 1. The number of esters is 2. The van der Waals surface area contributed by atoms with Crippen LogP contribution < -0.4 is 10.2 Å². The fraction of sp³-hybridized carbons (Fsp3) is 0.238. The second kappa shape index (κ2) is 9.08. The van der Waals surface area contributed by atoms with Gasteiger partial charge < -0.3 is 19.7 Å². The molecule has 0 aromatic heterocycles. The summed E-state index contributed by atoms with van der Waals surface area (Å²) in [6.45, 7) is 0.224. The Morgan fingerprint density at radius 3 is 2.23 bits per heavy atom. The Hall–Kier alpha value is -3.20. The van der Waals surface area contributed by atoms with Crippen LogP contribution in [0.2, 0.25) is 0 Å². The summed E-state index contributed by atoms with van der Waals surface area (Å²) in [4.78, 5) is 50.6. The lowest BCUT2D eigenvalue weighted by Gasteiger charge is -2.17. The summed E-state index contributed by atoms with van der Waals surface area (Å²) < 4.78 is 10.2. The molecule has 2 amide bonds. The zero-order valence-corrected chi connectivity index (χ0v) is 17.9. The molecule has 0 saturated carbocycles. The van der Waals surface area contributed by atoms with Gasteiger partial charge >= 0.3 is 11.9 Å². The van der Waals surface area contributed by atoms with E-state index in [9.17, 15) is 19.2 Å². The third-order valence-electron chi connectivity index (χ3n) is 4.66. The van der Waals surface area contributed by atoms with E-state index in [4.69, 9.17) is 9.47 Å². The molecule has 0 bridgehead atoms. The van der Waals surface area contributed by atoms with Gasteiger partial charge in [0.25, 0.3) is 0 Å². The predicted molar refractivity (Wildman–Crippen MR) is 112 cm³/mol. The van der Waals surface area contributed by atoms with Gasteiger partial charge in [0.15, 0.2) is 0 Å². The average molecular weight is 475 g/mol. The highest BCUT2D eigenvalue weighted by atomic mass is 79.9. The van der Waals surface area contributed by atoms with E-state index in [1.165, 1.54) is 32.4 Å². The summed E-state index contributed by atoms with van der Waals surface area (Å²) >= 11 is 3.37. The van der Waals surface area contributed by atoms with Crippen molar-refractivity contribution in [2.75, 3.05) is 31.0 Å². The van der Waals surface area contributed by atoms with Crippen molar-refractivity contribution < 1.29 is 28.7 Å². The maximum absolute atomic E-state index is 12.8. The minimum Gasteiger partial charge on any atom is -0.465 e. The molecule has 1 saturated heterocycles. The van der Waals surface area contributed by atoms with Crippen LogP contribution in [0.25, 0.3) is 0 Å². The number of nitrogens with one attached hydrogen (secondary N) is 1. The molecule has 0 radical (unpaired) electrons. The number of hydrogen-bond acceptors (Lipinski definition) is 6. The largest absolute Gasteiger partial charge is 0.465 e. The summed E-state index contributed by atoms with van der Waals surface area (Å²) in [6.07, 6.45) is 0.0545. The standard InChI is InChI=1S/C21H19BrN2O6/c1-29-20(27)12-6-13(21(28)30-2)8-16(7-12)23-19(26)14-9-18(25)24(11-14)17-5-3-4-15(22)10-17/h3-8,10,14H,9,11H2,1-2H3,(H,23,26). The summed E-state index contributed by atoms with van der Waals surface area (Å²) in [5, 5.41) is 2.68. The molecule has 1 atom stereocenters. The first-order valence-corrected chi connectivity index (χ1v) is 9.80. The molecule has 1 aliphatic heterocycles. The lowest BCUT2D eigenvalue weighted by molar-refractivity contribution is -0.122. The first-order valence-electron chi connectivity index (χ1n) is 9.01. The van der Waals surface area contributed by atoms with E-state index in [1.54, 1.807) is 17.0 Å². The lowest BCUT2D eigenvalue weighted by Crippen LogP contribution is -2.28. The van der Waals surface area contributed by atoms with Crippen molar-refractivity contribution in [3.63, 3.8) is 0 Å². The Balaban J connectivity index is 1.79. The summed E-state index contributed by atoms with van der Waals surface area (Å²) in [6, 6.07) is 11.4. The zero-order chi connectivity index (χ0) is 21.8. The van der Waals surface area contributed by atoms with Crippen LogP contribution >= 0.6 is 15.9 Å².